The number of ether oxygens (including phenoxy) is 1. The van der Waals surface area contributed by atoms with Gasteiger partial charge in [0.1, 0.15) is 0 Å². The van der Waals surface area contributed by atoms with E-state index in [1.54, 1.807) is 11.8 Å². The van der Waals surface area contributed by atoms with Crippen LogP contribution >= 0.6 is 0 Å². The Labute approximate surface area is 169 Å². The third kappa shape index (κ3) is 5.40. The number of esters is 1. The Morgan fingerprint density at radius 3 is 2.48 bits per heavy atom. The molecule has 29 heavy (non-hydrogen) atoms. The Balaban J connectivity index is 1.47. The highest BCUT2D eigenvalue weighted by molar-refractivity contribution is 5.92. The fraction of sp³-hybridized carbons (Fsp3) is 0.364. The van der Waals surface area contributed by atoms with Crippen LogP contribution in [-0.4, -0.2) is 41.4 Å². The van der Waals surface area contributed by atoms with Crippen molar-refractivity contribution in [2.45, 2.75) is 26.2 Å². The van der Waals surface area contributed by atoms with Gasteiger partial charge in [0.2, 0.25) is 0 Å². The molecule has 1 heterocycles. The first-order valence-corrected chi connectivity index (χ1v) is 9.68. The molecule has 0 aromatic heterocycles. The summed E-state index contributed by atoms with van der Waals surface area (Å²) in [5.41, 5.74) is 1.68. The molecule has 1 aliphatic rings. The van der Waals surface area contributed by atoms with Crippen LogP contribution in [0.15, 0.2) is 48.5 Å². The summed E-state index contributed by atoms with van der Waals surface area (Å²) in [6, 6.07) is 14.4. The second-order valence-electron chi connectivity index (χ2n) is 7.35. The maximum Gasteiger partial charge on any atom is 0.338 e. The minimum atomic E-state index is -0.736. The Morgan fingerprint density at radius 2 is 1.83 bits per heavy atom. The highest BCUT2D eigenvalue weighted by Crippen LogP contribution is 2.22. The lowest BCUT2D eigenvalue weighted by Crippen LogP contribution is -2.41. The molecular formula is C22H24N2O5. The van der Waals surface area contributed by atoms with Crippen molar-refractivity contribution < 1.29 is 19.2 Å². The second kappa shape index (κ2) is 9.32. The molecule has 0 unspecified atom stereocenters. The zero-order chi connectivity index (χ0) is 20.8. The lowest BCUT2D eigenvalue weighted by atomic mass is 9.90. The van der Waals surface area contributed by atoms with Crippen molar-refractivity contribution in [2.24, 2.45) is 5.92 Å². The van der Waals surface area contributed by atoms with Gasteiger partial charge in [-0.15, -0.1) is 0 Å². The molecule has 0 atom stereocenters. The fourth-order valence-corrected chi connectivity index (χ4v) is 3.57. The largest absolute Gasteiger partial charge is 0.452 e. The van der Waals surface area contributed by atoms with Gasteiger partial charge < -0.3 is 9.64 Å². The van der Waals surface area contributed by atoms with Crippen LogP contribution in [0.25, 0.3) is 0 Å². The molecule has 2 aromatic carbocycles. The van der Waals surface area contributed by atoms with Gasteiger partial charge >= 0.3 is 5.97 Å². The summed E-state index contributed by atoms with van der Waals surface area (Å²) in [5.74, 6) is -0.435. The number of hydrogen-bond donors (Lipinski definition) is 0. The summed E-state index contributed by atoms with van der Waals surface area (Å²) in [6.45, 7) is 2.52. The van der Waals surface area contributed by atoms with E-state index in [9.17, 15) is 19.7 Å². The maximum absolute atomic E-state index is 12.4. The molecule has 1 saturated heterocycles. The van der Waals surface area contributed by atoms with Crippen LogP contribution in [0.4, 0.5) is 5.69 Å². The highest BCUT2D eigenvalue weighted by Gasteiger charge is 2.24. The number of aryl methyl sites for hydroxylation is 1. The van der Waals surface area contributed by atoms with Crippen LogP contribution in [0.3, 0.4) is 0 Å². The lowest BCUT2D eigenvalue weighted by Gasteiger charge is -2.32. The molecule has 2 aromatic rings. The van der Waals surface area contributed by atoms with Gasteiger partial charge in [0, 0.05) is 24.7 Å². The van der Waals surface area contributed by atoms with Gasteiger partial charge in [-0.2, -0.15) is 0 Å². The summed E-state index contributed by atoms with van der Waals surface area (Å²) in [5, 5.41) is 11.0. The number of rotatable bonds is 6. The minimum absolute atomic E-state index is 0.0664. The second-order valence-corrected chi connectivity index (χ2v) is 7.35. The molecule has 0 N–H and O–H groups in total. The van der Waals surface area contributed by atoms with E-state index < -0.39 is 10.9 Å². The molecule has 0 aliphatic carbocycles. The molecule has 7 heteroatoms. The van der Waals surface area contributed by atoms with Gasteiger partial charge in [-0.1, -0.05) is 36.4 Å². The van der Waals surface area contributed by atoms with E-state index in [0.29, 0.717) is 24.6 Å². The Morgan fingerprint density at radius 1 is 1.14 bits per heavy atom. The van der Waals surface area contributed by atoms with E-state index in [1.165, 1.54) is 23.8 Å². The zero-order valence-electron chi connectivity index (χ0n) is 16.4. The SMILES string of the molecule is Cc1ccc(C(=O)OCC(=O)N2CCC(Cc3ccccc3)CC2)cc1[N+](=O)[O-]. The molecule has 0 saturated carbocycles. The van der Waals surface area contributed by atoms with Crippen molar-refractivity contribution in [3.8, 4) is 0 Å². The summed E-state index contributed by atoms with van der Waals surface area (Å²) >= 11 is 0. The Kier molecular flexibility index (Phi) is 6.59. The number of hydrogen-bond acceptors (Lipinski definition) is 5. The molecular weight excluding hydrogens is 372 g/mol. The van der Waals surface area contributed by atoms with Crippen molar-refractivity contribution in [3.63, 3.8) is 0 Å². The summed E-state index contributed by atoms with van der Waals surface area (Å²) in [7, 11) is 0. The number of carbonyl (C=O) groups is 2. The quantitative estimate of drug-likeness (QED) is 0.423. The normalized spacial score (nSPS) is 14.4. The average Bonchev–Trinajstić information content (AvgIpc) is 2.73. The van der Waals surface area contributed by atoms with Crippen molar-refractivity contribution in [1.29, 1.82) is 0 Å². The molecule has 7 nitrogen and oxygen atoms in total. The first-order valence-electron chi connectivity index (χ1n) is 9.68. The van der Waals surface area contributed by atoms with E-state index in [-0.39, 0.29) is 23.8 Å². The van der Waals surface area contributed by atoms with Crippen LogP contribution in [0, 0.1) is 23.0 Å². The van der Waals surface area contributed by atoms with Gasteiger partial charge in [0.25, 0.3) is 11.6 Å². The summed E-state index contributed by atoms with van der Waals surface area (Å²) < 4.78 is 5.09. The number of nitro groups is 1. The van der Waals surface area contributed by atoms with Gasteiger partial charge in [0.05, 0.1) is 10.5 Å². The summed E-state index contributed by atoms with van der Waals surface area (Å²) in [4.78, 5) is 36.7. The maximum atomic E-state index is 12.4. The van der Waals surface area contributed by atoms with E-state index >= 15 is 0 Å². The topological polar surface area (TPSA) is 89.8 Å². The van der Waals surface area contributed by atoms with Gasteiger partial charge in [-0.25, -0.2) is 4.79 Å². The van der Waals surface area contributed by atoms with E-state index in [4.69, 9.17) is 4.74 Å². The molecule has 3 rings (SSSR count). The predicted molar refractivity (Wildman–Crippen MR) is 108 cm³/mol. The van der Waals surface area contributed by atoms with E-state index in [0.717, 1.165) is 19.3 Å². The third-order valence-corrected chi connectivity index (χ3v) is 5.30. The number of benzene rings is 2. The van der Waals surface area contributed by atoms with Crippen molar-refractivity contribution in [3.05, 3.63) is 75.3 Å². The molecule has 1 amide bonds. The van der Waals surface area contributed by atoms with Crippen LogP contribution in [0.5, 0.6) is 0 Å². The standard InChI is InChI=1S/C22H24N2O5/c1-16-7-8-19(14-20(16)24(27)28)22(26)29-15-21(25)23-11-9-18(10-12-23)13-17-5-3-2-4-6-17/h2-8,14,18H,9-13,15H2,1H3. The van der Waals surface area contributed by atoms with Crippen molar-refractivity contribution in [2.75, 3.05) is 19.7 Å². The first kappa shape index (κ1) is 20.5. The number of nitrogens with zero attached hydrogens (tertiary/aromatic N) is 2. The minimum Gasteiger partial charge on any atom is -0.452 e. The lowest BCUT2D eigenvalue weighted by molar-refractivity contribution is -0.385. The number of piperidine rings is 1. The molecule has 0 radical (unpaired) electrons. The summed E-state index contributed by atoms with van der Waals surface area (Å²) in [6.07, 6.45) is 2.83. The van der Waals surface area contributed by atoms with Crippen LogP contribution in [-0.2, 0) is 16.0 Å². The van der Waals surface area contributed by atoms with Gasteiger partial charge in [-0.05, 0) is 43.7 Å². The molecule has 0 spiro atoms. The van der Waals surface area contributed by atoms with Gasteiger partial charge in [0.15, 0.2) is 6.61 Å². The van der Waals surface area contributed by atoms with E-state index in [1.807, 2.05) is 18.2 Å². The third-order valence-electron chi connectivity index (χ3n) is 5.30. The zero-order valence-corrected chi connectivity index (χ0v) is 16.4. The van der Waals surface area contributed by atoms with Crippen molar-refractivity contribution >= 4 is 17.6 Å². The fourth-order valence-electron chi connectivity index (χ4n) is 3.57. The van der Waals surface area contributed by atoms with Crippen molar-refractivity contribution in [1.82, 2.24) is 4.90 Å². The number of nitro benzene ring substituents is 1. The molecule has 1 aliphatic heterocycles. The Bertz CT molecular complexity index is 889. The monoisotopic (exact) mass is 396 g/mol. The smallest absolute Gasteiger partial charge is 0.338 e. The number of amides is 1. The molecule has 152 valence electrons. The van der Waals surface area contributed by atoms with Crippen LogP contribution in [0.1, 0.15) is 34.3 Å². The van der Waals surface area contributed by atoms with Crippen LogP contribution < -0.4 is 0 Å². The highest BCUT2D eigenvalue weighted by atomic mass is 16.6. The predicted octanol–water partition coefficient (Wildman–Crippen LogP) is 3.54. The number of likely N-dealkylation sites (tertiary alicyclic amines) is 1. The van der Waals surface area contributed by atoms with Gasteiger partial charge in [-0.3, -0.25) is 14.9 Å². The molecule has 0 bridgehead atoms. The van der Waals surface area contributed by atoms with Crippen LogP contribution in [0.2, 0.25) is 0 Å². The molecule has 1 fully saturated rings. The number of carbonyl (C=O) groups excluding carboxylic acids is 2. The van der Waals surface area contributed by atoms with E-state index in [2.05, 4.69) is 12.1 Å². The average molecular weight is 396 g/mol. The Hall–Kier alpha value is -3.22. The first-order chi connectivity index (χ1) is 13.9.